The Morgan fingerprint density at radius 1 is 1.25 bits per heavy atom. The maximum absolute atomic E-state index is 13.6. The third kappa shape index (κ3) is 2.46. The number of alkyl halides is 3. The molecule has 6 heteroatoms. The average molecular weight is 337 g/mol. The van der Waals surface area contributed by atoms with E-state index in [1.807, 2.05) is 0 Å². The molecule has 0 aliphatic carbocycles. The summed E-state index contributed by atoms with van der Waals surface area (Å²) >= 11 is 0. The number of aromatic nitrogens is 1. The Morgan fingerprint density at radius 2 is 1.88 bits per heavy atom. The van der Waals surface area contributed by atoms with Gasteiger partial charge in [-0.25, -0.2) is 9.37 Å². The largest absolute Gasteiger partial charge is 0.490 e. The molecule has 1 unspecified atom stereocenters. The molecule has 1 atom stereocenters. The van der Waals surface area contributed by atoms with Crippen molar-refractivity contribution in [2.45, 2.75) is 25.4 Å². The van der Waals surface area contributed by atoms with Gasteiger partial charge >= 0.3 is 6.18 Å². The number of benzene rings is 1. The van der Waals surface area contributed by atoms with Crippen molar-refractivity contribution in [3.05, 3.63) is 54.0 Å². The minimum atomic E-state index is -4.47. The van der Waals surface area contributed by atoms with E-state index in [1.54, 1.807) is 6.92 Å². The molecule has 0 N–H and O–H groups in total. The first-order valence-electron chi connectivity index (χ1n) is 7.30. The highest BCUT2D eigenvalue weighted by molar-refractivity contribution is 5.74. The smallest absolute Gasteiger partial charge is 0.401 e. The Hall–Kier alpha value is -2.37. The molecule has 1 aromatic carbocycles. The zero-order chi connectivity index (χ0) is 17.7. The van der Waals surface area contributed by atoms with Crippen LogP contribution in [0.3, 0.4) is 0 Å². The van der Waals surface area contributed by atoms with Crippen molar-refractivity contribution in [1.29, 1.82) is 0 Å². The number of halogens is 4. The molecule has 2 nitrogen and oxygen atoms in total. The zero-order valence-electron chi connectivity index (χ0n) is 13.2. The Kier molecular flexibility index (Phi) is 3.66. The minimum Gasteiger partial charge on any atom is -0.490 e. The van der Waals surface area contributed by atoms with E-state index in [2.05, 4.69) is 11.6 Å². The standard InChI is InChI=1S/C18H15F4NO/c1-10(2)14-8-13-16(24-9-17(13,3)18(20,21)22)15(23-14)11-4-6-12(19)7-5-11/h4-8H,1,9H2,2-3H3. The van der Waals surface area contributed by atoms with Gasteiger partial charge in [-0.1, -0.05) is 6.58 Å². The van der Waals surface area contributed by atoms with Gasteiger partial charge in [-0.3, -0.25) is 0 Å². The van der Waals surface area contributed by atoms with E-state index in [4.69, 9.17) is 4.74 Å². The number of pyridine rings is 1. The zero-order valence-corrected chi connectivity index (χ0v) is 13.2. The van der Waals surface area contributed by atoms with E-state index < -0.39 is 24.0 Å². The van der Waals surface area contributed by atoms with Crippen molar-refractivity contribution in [2.75, 3.05) is 6.61 Å². The summed E-state index contributed by atoms with van der Waals surface area (Å²) in [5, 5.41) is 0. The summed E-state index contributed by atoms with van der Waals surface area (Å²) in [6.45, 7) is 6.03. The molecular formula is C18H15F4NO. The lowest BCUT2D eigenvalue weighted by atomic mass is 9.83. The van der Waals surface area contributed by atoms with Crippen LogP contribution >= 0.6 is 0 Å². The normalized spacial score (nSPS) is 19.8. The Bertz CT molecular complexity index is 811. The number of hydrogen-bond acceptors (Lipinski definition) is 2. The lowest BCUT2D eigenvalue weighted by molar-refractivity contribution is -0.187. The summed E-state index contributed by atoms with van der Waals surface area (Å²) in [5.41, 5.74) is -0.445. The van der Waals surface area contributed by atoms with Gasteiger partial charge in [0.15, 0.2) is 0 Å². The second-order valence-electron chi connectivity index (χ2n) is 6.14. The highest BCUT2D eigenvalue weighted by atomic mass is 19.4. The van der Waals surface area contributed by atoms with Gasteiger partial charge in [0.2, 0.25) is 0 Å². The molecule has 0 bridgehead atoms. The average Bonchev–Trinajstić information content (AvgIpc) is 2.86. The number of hydrogen-bond donors (Lipinski definition) is 0. The predicted octanol–water partition coefficient (Wildman–Crippen LogP) is 5.13. The van der Waals surface area contributed by atoms with Gasteiger partial charge < -0.3 is 4.74 Å². The Labute approximate surface area is 136 Å². The van der Waals surface area contributed by atoms with Crippen molar-refractivity contribution in [1.82, 2.24) is 4.98 Å². The Morgan fingerprint density at radius 3 is 2.42 bits per heavy atom. The van der Waals surface area contributed by atoms with Crippen molar-refractivity contribution in [3.8, 4) is 17.0 Å². The molecule has 1 aliphatic rings. The number of nitrogens with zero attached hydrogens (tertiary/aromatic N) is 1. The predicted molar refractivity (Wildman–Crippen MR) is 83.2 cm³/mol. The maximum atomic E-state index is 13.6. The van der Waals surface area contributed by atoms with Crippen LogP contribution in [0, 0.1) is 5.82 Å². The maximum Gasteiger partial charge on any atom is 0.401 e. The van der Waals surface area contributed by atoms with E-state index in [0.717, 1.165) is 6.92 Å². The third-order valence-electron chi connectivity index (χ3n) is 4.25. The van der Waals surface area contributed by atoms with Gasteiger partial charge in [-0.15, -0.1) is 0 Å². The molecule has 0 fully saturated rings. The minimum absolute atomic E-state index is 0.0299. The first kappa shape index (κ1) is 16.5. The summed E-state index contributed by atoms with van der Waals surface area (Å²) in [6, 6.07) is 6.77. The van der Waals surface area contributed by atoms with Crippen LogP contribution in [-0.4, -0.2) is 17.8 Å². The fourth-order valence-electron chi connectivity index (χ4n) is 2.64. The molecule has 1 aliphatic heterocycles. The first-order chi connectivity index (χ1) is 11.1. The number of fused-ring (bicyclic) bond motifs is 1. The van der Waals surface area contributed by atoms with Gasteiger partial charge in [0, 0.05) is 11.1 Å². The van der Waals surface area contributed by atoms with E-state index >= 15 is 0 Å². The first-order valence-corrected chi connectivity index (χ1v) is 7.30. The van der Waals surface area contributed by atoms with Crippen LogP contribution in [-0.2, 0) is 5.41 Å². The third-order valence-corrected chi connectivity index (χ3v) is 4.25. The van der Waals surface area contributed by atoms with Crippen molar-refractivity contribution >= 4 is 5.57 Å². The lowest BCUT2D eigenvalue weighted by Gasteiger charge is -2.26. The van der Waals surface area contributed by atoms with Gasteiger partial charge in [0.25, 0.3) is 0 Å². The van der Waals surface area contributed by atoms with E-state index in [9.17, 15) is 17.6 Å². The van der Waals surface area contributed by atoms with Crippen molar-refractivity contribution in [3.63, 3.8) is 0 Å². The second kappa shape index (κ2) is 5.33. The molecule has 0 saturated carbocycles. The Balaban J connectivity index is 2.27. The van der Waals surface area contributed by atoms with Gasteiger partial charge in [0.1, 0.15) is 29.3 Å². The summed E-state index contributed by atoms with van der Waals surface area (Å²) in [7, 11) is 0. The monoisotopic (exact) mass is 337 g/mol. The molecule has 2 aromatic rings. The SMILES string of the molecule is C=C(C)c1cc2c(c(-c3ccc(F)cc3)n1)OCC2(C)C(F)(F)F. The van der Waals surface area contributed by atoms with Crippen LogP contribution < -0.4 is 4.74 Å². The quantitative estimate of drug-likeness (QED) is 0.709. The van der Waals surface area contributed by atoms with E-state index in [0.29, 0.717) is 16.8 Å². The highest BCUT2D eigenvalue weighted by Gasteiger charge is 2.57. The summed E-state index contributed by atoms with van der Waals surface area (Å²) in [5.74, 6) is -0.348. The second-order valence-corrected chi connectivity index (χ2v) is 6.14. The molecule has 2 heterocycles. The molecule has 0 radical (unpaired) electrons. The van der Waals surface area contributed by atoms with Crippen LogP contribution in [0.4, 0.5) is 17.6 Å². The number of rotatable bonds is 2. The van der Waals surface area contributed by atoms with E-state index in [-0.39, 0.29) is 17.0 Å². The molecule has 126 valence electrons. The van der Waals surface area contributed by atoms with Crippen molar-refractivity contribution in [2.24, 2.45) is 0 Å². The van der Waals surface area contributed by atoms with Gasteiger partial charge in [-0.05, 0) is 49.8 Å². The van der Waals surface area contributed by atoms with Crippen LogP contribution in [0.2, 0.25) is 0 Å². The van der Waals surface area contributed by atoms with Gasteiger partial charge in [0.05, 0.1) is 5.69 Å². The summed E-state index contributed by atoms with van der Waals surface area (Å²) < 4.78 is 59.2. The number of allylic oxidation sites excluding steroid dienone is 1. The molecule has 0 amide bonds. The van der Waals surface area contributed by atoms with Crippen LogP contribution in [0.5, 0.6) is 5.75 Å². The van der Waals surface area contributed by atoms with Crippen LogP contribution in [0.1, 0.15) is 25.1 Å². The summed E-state index contributed by atoms with van der Waals surface area (Å²) in [4.78, 5) is 4.38. The molecule has 24 heavy (non-hydrogen) atoms. The van der Waals surface area contributed by atoms with Crippen molar-refractivity contribution < 1.29 is 22.3 Å². The van der Waals surface area contributed by atoms with Crippen LogP contribution in [0.15, 0.2) is 36.9 Å². The number of ether oxygens (including phenoxy) is 1. The molecule has 0 saturated heterocycles. The van der Waals surface area contributed by atoms with Gasteiger partial charge in [-0.2, -0.15) is 13.2 Å². The molecule has 1 aromatic heterocycles. The fraction of sp³-hybridized carbons (Fsp3) is 0.278. The lowest BCUT2D eigenvalue weighted by Crippen LogP contribution is -2.40. The molecular weight excluding hydrogens is 322 g/mol. The molecule has 3 rings (SSSR count). The van der Waals surface area contributed by atoms with Crippen LogP contribution in [0.25, 0.3) is 16.8 Å². The fourth-order valence-corrected chi connectivity index (χ4v) is 2.64. The molecule has 0 spiro atoms. The topological polar surface area (TPSA) is 22.1 Å². The van der Waals surface area contributed by atoms with E-state index in [1.165, 1.54) is 30.3 Å². The summed E-state index contributed by atoms with van der Waals surface area (Å²) in [6.07, 6.45) is -4.47. The highest BCUT2D eigenvalue weighted by Crippen LogP contribution is 2.51.